The van der Waals surface area contributed by atoms with Crippen LogP contribution in [-0.2, 0) is 11.3 Å². The number of ether oxygens (including phenoxy) is 1. The van der Waals surface area contributed by atoms with E-state index in [-0.39, 0.29) is 0 Å². The molecule has 0 spiro atoms. The highest BCUT2D eigenvalue weighted by Crippen LogP contribution is 2.31. The van der Waals surface area contributed by atoms with Crippen molar-refractivity contribution < 1.29 is 9.57 Å². The fourth-order valence-corrected chi connectivity index (χ4v) is 4.90. The van der Waals surface area contributed by atoms with Crippen LogP contribution in [0, 0.1) is 0 Å². The Balaban J connectivity index is 1.13. The van der Waals surface area contributed by atoms with Crippen molar-refractivity contribution in [1.29, 1.82) is 0 Å². The van der Waals surface area contributed by atoms with Gasteiger partial charge in [0.2, 0.25) is 0 Å². The van der Waals surface area contributed by atoms with Gasteiger partial charge < -0.3 is 19.6 Å². The number of nitrogens with two attached hydrogens (primary N) is 1. The summed E-state index contributed by atoms with van der Waals surface area (Å²) in [6, 6.07) is 10.3. The predicted octanol–water partition coefficient (Wildman–Crippen LogP) is 4.29. The molecule has 0 unspecified atom stereocenters. The highest BCUT2D eigenvalue weighted by Gasteiger charge is 2.22. The monoisotopic (exact) mass is 441 g/mol. The van der Waals surface area contributed by atoms with Crippen molar-refractivity contribution in [1.82, 2.24) is 9.29 Å². The van der Waals surface area contributed by atoms with E-state index in [1.54, 1.807) is 18.3 Å². The molecule has 2 aliphatic rings. The number of unbranched alkanes of at least 4 members (excludes halogenated alkanes) is 2. The summed E-state index contributed by atoms with van der Waals surface area (Å²) in [5, 5.41) is 4.23. The molecule has 0 atom stereocenters. The molecular formula is C23H31N5O2S. The molecule has 0 saturated carbocycles. The number of pyridine rings is 1. The van der Waals surface area contributed by atoms with Gasteiger partial charge in [-0.05, 0) is 68.9 Å². The van der Waals surface area contributed by atoms with Crippen molar-refractivity contribution in [2.75, 3.05) is 42.9 Å². The van der Waals surface area contributed by atoms with E-state index >= 15 is 0 Å². The lowest BCUT2D eigenvalue weighted by Crippen LogP contribution is -2.14. The van der Waals surface area contributed by atoms with Gasteiger partial charge in [0.05, 0.1) is 18.0 Å². The molecule has 1 fully saturated rings. The molecular weight excluding hydrogens is 410 g/mol. The maximum atomic E-state index is 5.99. The van der Waals surface area contributed by atoms with Gasteiger partial charge in [0, 0.05) is 49.6 Å². The van der Waals surface area contributed by atoms with Crippen LogP contribution in [0.4, 0.5) is 11.5 Å². The van der Waals surface area contributed by atoms with E-state index in [9.17, 15) is 0 Å². The van der Waals surface area contributed by atoms with Crippen LogP contribution in [0.1, 0.15) is 43.7 Å². The first-order valence-electron chi connectivity index (χ1n) is 11.1. The van der Waals surface area contributed by atoms with Crippen molar-refractivity contribution in [3.05, 3.63) is 47.7 Å². The van der Waals surface area contributed by atoms with Gasteiger partial charge in [0.15, 0.2) is 0 Å². The average molecular weight is 442 g/mol. The lowest BCUT2D eigenvalue weighted by atomic mass is 10.1. The van der Waals surface area contributed by atoms with Crippen molar-refractivity contribution >= 4 is 29.4 Å². The number of aromatic nitrogens is 1. The van der Waals surface area contributed by atoms with Crippen molar-refractivity contribution in [2.24, 2.45) is 5.16 Å². The summed E-state index contributed by atoms with van der Waals surface area (Å²) in [6.07, 6.45) is 7.12. The van der Waals surface area contributed by atoms with E-state index in [1.807, 2.05) is 25.1 Å². The van der Waals surface area contributed by atoms with Gasteiger partial charge in [-0.25, -0.2) is 9.29 Å². The molecule has 7 nitrogen and oxygen atoms in total. The number of benzene rings is 1. The zero-order chi connectivity index (χ0) is 21.5. The van der Waals surface area contributed by atoms with E-state index in [4.69, 9.17) is 15.3 Å². The Morgan fingerprint density at radius 2 is 2.06 bits per heavy atom. The lowest BCUT2D eigenvalue weighted by Gasteiger charge is -2.18. The third kappa shape index (κ3) is 5.83. The summed E-state index contributed by atoms with van der Waals surface area (Å²) in [7, 11) is 0. The third-order valence-corrected chi connectivity index (χ3v) is 6.65. The maximum absolute atomic E-state index is 5.99. The molecule has 166 valence electrons. The average Bonchev–Trinajstić information content (AvgIpc) is 3.41. The van der Waals surface area contributed by atoms with E-state index in [2.05, 4.69) is 30.9 Å². The summed E-state index contributed by atoms with van der Waals surface area (Å²) >= 11 is 1.78. The van der Waals surface area contributed by atoms with Crippen LogP contribution in [-0.4, -0.2) is 47.8 Å². The maximum Gasteiger partial charge on any atom is 0.125 e. The Bertz CT molecular complexity index is 907. The molecule has 0 radical (unpaired) electrons. The van der Waals surface area contributed by atoms with Gasteiger partial charge in [-0.1, -0.05) is 5.16 Å². The number of nitrogens with zero attached hydrogens (tertiary/aromatic N) is 4. The van der Waals surface area contributed by atoms with Gasteiger partial charge in [0.25, 0.3) is 0 Å². The quantitative estimate of drug-likeness (QED) is 0.335. The number of nitrogen functional groups attached to an aromatic ring is 1. The largest absolute Gasteiger partial charge is 0.494 e. The summed E-state index contributed by atoms with van der Waals surface area (Å²) in [6.45, 7) is 6.47. The number of hydrogen-bond acceptors (Lipinski definition) is 8. The summed E-state index contributed by atoms with van der Waals surface area (Å²) in [5.41, 5.74) is 10.5. The van der Waals surface area contributed by atoms with Crippen LogP contribution >= 0.6 is 12.1 Å². The van der Waals surface area contributed by atoms with Crippen LogP contribution in [0.3, 0.4) is 0 Å². The van der Waals surface area contributed by atoms with E-state index in [0.29, 0.717) is 12.4 Å². The minimum atomic E-state index is 0.569. The molecule has 0 amide bonds. The zero-order valence-corrected chi connectivity index (χ0v) is 18.9. The first-order valence-corrected chi connectivity index (χ1v) is 11.8. The SMILES string of the molecule is CCO/N=C1\CCc2cc(OCCCCCN3CCN(c4ccnc(N)c4)S3)ccc21. The van der Waals surface area contributed by atoms with Crippen molar-refractivity contribution in [2.45, 2.75) is 39.0 Å². The lowest BCUT2D eigenvalue weighted by molar-refractivity contribution is 0.158. The second-order valence-electron chi connectivity index (χ2n) is 7.74. The molecule has 0 bridgehead atoms. The van der Waals surface area contributed by atoms with Crippen LogP contribution in [0.5, 0.6) is 5.75 Å². The minimum Gasteiger partial charge on any atom is -0.494 e. The number of anilines is 2. The molecule has 2 N–H and O–H groups in total. The molecule has 8 heteroatoms. The second kappa shape index (κ2) is 10.7. The summed E-state index contributed by atoms with van der Waals surface area (Å²) in [5.74, 6) is 1.53. The number of hydrogen-bond donors (Lipinski definition) is 1. The molecule has 1 aromatic carbocycles. The molecule has 31 heavy (non-hydrogen) atoms. The Labute approximate surface area is 188 Å². The normalized spacial score (nSPS) is 17.3. The second-order valence-corrected chi connectivity index (χ2v) is 8.86. The van der Waals surface area contributed by atoms with Crippen LogP contribution in [0.15, 0.2) is 41.7 Å². The molecule has 1 aromatic heterocycles. The van der Waals surface area contributed by atoms with Crippen LogP contribution < -0.4 is 14.8 Å². The van der Waals surface area contributed by atoms with Gasteiger partial charge in [0.1, 0.15) is 18.2 Å². The van der Waals surface area contributed by atoms with Gasteiger partial charge in [-0.15, -0.1) is 0 Å². The first kappa shape index (κ1) is 21.8. The number of rotatable bonds is 10. The Kier molecular flexibility index (Phi) is 7.53. The number of fused-ring (bicyclic) bond motifs is 1. The highest BCUT2D eigenvalue weighted by molar-refractivity contribution is 7.98. The Morgan fingerprint density at radius 1 is 1.13 bits per heavy atom. The van der Waals surface area contributed by atoms with Gasteiger partial charge in [-0.2, -0.15) is 0 Å². The van der Waals surface area contributed by atoms with Gasteiger partial charge in [-0.3, -0.25) is 0 Å². The molecule has 4 rings (SSSR count). The van der Waals surface area contributed by atoms with Crippen LogP contribution in [0.2, 0.25) is 0 Å². The summed E-state index contributed by atoms with van der Waals surface area (Å²) in [4.78, 5) is 9.29. The molecule has 1 saturated heterocycles. The van der Waals surface area contributed by atoms with Crippen molar-refractivity contribution in [3.8, 4) is 5.75 Å². The zero-order valence-electron chi connectivity index (χ0n) is 18.1. The Morgan fingerprint density at radius 3 is 2.94 bits per heavy atom. The molecule has 1 aliphatic carbocycles. The minimum absolute atomic E-state index is 0.569. The van der Waals surface area contributed by atoms with Crippen molar-refractivity contribution in [3.63, 3.8) is 0 Å². The van der Waals surface area contributed by atoms with E-state index in [1.165, 1.54) is 17.5 Å². The van der Waals surface area contributed by atoms with E-state index in [0.717, 1.165) is 69.1 Å². The Hall–Kier alpha value is -2.45. The molecule has 1 aliphatic heterocycles. The smallest absolute Gasteiger partial charge is 0.125 e. The topological polar surface area (TPSA) is 76.2 Å². The van der Waals surface area contributed by atoms with E-state index < -0.39 is 0 Å². The predicted molar refractivity (Wildman–Crippen MR) is 127 cm³/mol. The first-order chi connectivity index (χ1) is 15.2. The molecule has 2 aromatic rings. The van der Waals surface area contributed by atoms with Gasteiger partial charge >= 0.3 is 0 Å². The molecule has 2 heterocycles. The number of aryl methyl sites for hydroxylation is 1. The highest BCUT2D eigenvalue weighted by atomic mass is 32.2. The van der Waals surface area contributed by atoms with Crippen LogP contribution in [0.25, 0.3) is 0 Å². The standard InChI is InChI=1S/C23H31N5O2S/c1-2-30-26-22-9-6-18-16-20(7-8-21(18)22)29-15-5-3-4-12-27-13-14-28(31-27)19-10-11-25-23(24)17-19/h7-8,10-11,16-17H,2-6,9,12-15H2,1H3,(H2,24,25)/b26-22+. The third-order valence-electron chi connectivity index (χ3n) is 5.46. The fourth-order valence-electron chi connectivity index (χ4n) is 3.87. The fraction of sp³-hybridized carbons (Fsp3) is 0.478. The number of oxime groups is 1. The summed E-state index contributed by atoms with van der Waals surface area (Å²) < 4.78 is 10.7.